The molecule has 1 aromatic heterocycles. The van der Waals surface area contributed by atoms with E-state index in [0.717, 1.165) is 5.56 Å². The first-order chi connectivity index (χ1) is 15.2. The Hall–Kier alpha value is -2.88. The maximum Gasteiger partial charge on any atom is 0.238 e. The molecule has 1 atom stereocenters. The zero-order valence-corrected chi connectivity index (χ0v) is 18.6. The van der Waals surface area contributed by atoms with Crippen LogP contribution in [0, 0.1) is 5.82 Å². The molecule has 3 aromatic rings. The van der Waals surface area contributed by atoms with Gasteiger partial charge in [-0.25, -0.2) is 17.9 Å². The molecule has 0 radical (unpaired) electrons. The van der Waals surface area contributed by atoms with Crippen molar-refractivity contribution in [3.8, 4) is 0 Å². The molecule has 0 aliphatic carbocycles. The minimum atomic E-state index is -3.86. The van der Waals surface area contributed by atoms with Crippen molar-refractivity contribution in [3.05, 3.63) is 71.8 Å². The molecule has 1 amide bonds. The molecule has 0 spiro atoms. The molecule has 0 unspecified atom stereocenters. The first-order valence-corrected chi connectivity index (χ1v) is 11.9. The van der Waals surface area contributed by atoms with Gasteiger partial charge in [0.25, 0.3) is 0 Å². The molecule has 1 saturated heterocycles. The highest BCUT2D eigenvalue weighted by molar-refractivity contribution is 7.89. The van der Waals surface area contributed by atoms with Gasteiger partial charge < -0.3 is 4.90 Å². The Morgan fingerprint density at radius 1 is 1.19 bits per heavy atom. The summed E-state index contributed by atoms with van der Waals surface area (Å²) in [4.78, 5) is 20.2. The molecule has 32 heavy (non-hydrogen) atoms. The van der Waals surface area contributed by atoms with Gasteiger partial charge in [0.05, 0.1) is 4.90 Å². The Morgan fingerprint density at radius 2 is 2.00 bits per heavy atom. The van der Waals surface area contributed by atoms with E-state index in [1.165, 1.54) is 18.2 Å². The van der Waals surface area contributed by atoms with E-state index < -0.39 is 10.0 Å². The molecule has 7 nitrogen and oxygen atoms in total. The van der Waals surface area contributed by atoms with Gasteiger partial charge in [-0.15, -0.1) is 0 Å². The standard InChI is InChI=1S/C23H25FN4O3S/c1-16(29)28-10-9-27(14-20(15-28)18-3-2-8-26-12-18)13-19-5-4-17-11-21(32(25,30)31)6-7-22(17)23(19)24/h2-8,11-12,20H,9-10,13-15H2,1H3,(H2,25,30,31)/t20-/m1/s1. The van der Waals surface area contributed by atoms with Gasteiger partial charge in [0.2, 0.25) is 15.9 Å². The van der Waals surface area contributed by atoms with Crippen LogP contribution in [0.1, 0.15) is 24.0 Å². The van der Waals surface area contributed by atoms with E-state index in [0.29, 0.717) is 49.1 Å². The minimum absolute atomic E-state index is 0.0169. The van der Waals surface area contributed by atoms with Gasteiger partial charge in [0, 0.05) is 68.9 Å². The minimum Gasteiger partial charge on any atom is -0.341 e. The lowest BCUT2D eigenvalue weighted by Crippen LogP contribution is -2.34. The van der Waals surface area contributed by atoms with E-state index in [1.54, 1.807) is 25.3 Å². The van der Waals surface area contributed by atoms with Gasteiger partial charge in [-0.2, -0.15) is 0 Å². The van der Waals surface area contributed by atoms with Gasteiger partial charge in [0.1, 0.15) is 5.82 Å². The number of aromatic nitrogens is 1. The molecule has 0 saturated carbocycles. The number of benzene rings is 2. The second-order valence-corrected chi connectivity index (χ2v) is 9.71. The Bertz CT molecular complexity index is 1250. The van der Waals surface area contributed by atoms with Gasteiger partial charge in [-0.05, 0) is 29.1 Å². The highest BCUT2D eigenvalue weighted by atomic mass is 32.2. The fourth-order valence-corrected chi connectivity index (χ4v) is 4.74. The molecule has 2 N–H and O–H groups in total. The van der Waals surface area contributed by atoms with Gasteiger partial charge in [-0.3, -0.25) is 14.7 Å². The SMILES string of the molecule is CC(=O)N1CCN(Cc2ccc3cc(S(N)(=O)=O)ccc3c2F)C[C@@H](c2cccnc2)C1. The van der Waals surface area contributed by atoms with Gasteiger partial charge in [-0.1, -0.05) is 24.3 Å². The van der Waals surface area contributed by atoms with E-state index in [9.17, 15) is 13.2 Å². The van der Waals surface area contributed by atoms with Gasteiger partial charge in [0.15, 0.2) is 0 Å². The summed E-state index contributed by atoms with van der Waals surface area (Å²) in [5.41, 5.74) is 1.56. The number of hydrogen-bond donors (Lipinski definition) is 1. The maximum absolute atomic E-state index is 15.3. The van der Waals surface area contributed by atoms with E-state index >= 15 is 4.39 Å². The number of carbonyl (C=O) groups excluding carboxylic acids is 1. The smallest absolute Gasteiger partial charge is 0.238 e. The van der Waals surface area contributed by atoms with Crippen LogP contribution in [-0.4, -0.2) is 55.3 Å². The second kappa shape index (κ2) is 8.93. The predicted molar refractivity (Wildman–Crippen MR) is 120 cm³/mol. The summed E-state index contributed by atoms with van der Waals surface area (Å²) in [6.45, 7) is 4.39. The molecule has 1 aliphatic rings. The normalized spacial score (nSPS) is 18.0. The fourth-order valence-electron chi connectivity index (χ4n) is 4.19. The Kier molecular flexibility index (Phi) is 6.23. The molecule has 1 fully saturated rings. The predicted octanol–water partition coefficient (Wildman–Crippen LogP) is 2.47. The third kappa shape index (κ3) is 4.79. The highest BCUT2D eigenvalue weighted by Gasteiger charge is 2.26. The number of primary sulfonamides is 1. The van der Waals surface area contributed by atoms with Crippen LogP contribution < -0.4 is 5.14 Å². The lowest BCUT2D eigenvalue weighted by molar-refractivity contribution is -0.128. The van der Waals surface area contributed by atoms with Crippen molar-refractivity contribution in [3.63, 3.8) is 0 Å². The lowest BCUT2D eigenvalue weighted by atomic mass is 9.99. The van der Waals surface area contributed by atoms with Crippen LogP contribution in [0.5, 0.6) is 0 Å². The number of rotatable bonds is 4. The first-order valence-electron chi connectivity index (χ1n) is 10.3. The van der Waals surface area contributed by atoms with E-state index in [2.05, 4.69) is 9.88 Å². The largest absolute Gasteiger partial charge is 0.341 e. The van der Waals surface area contributed by atoms with Crippen LogP contribution >= 0.6 is 0 Å². The van der Waals surface area contributed by atoms with Crippen molar-refractivity contribution in [2.45, 2.75) is 24.3 Å². The molecule has 9 heteroatoms. The van der Waals surface area contributed by atoms with Crippen LogP contribution in [0.3, 0.4) is 0 Å². The molecule has 4 rings (SSSR count). The van der Waals surface area contributed by atoms with E-state index in [1.807, 2.05) is 23.2 Å². The van der Waals surface area contributed by atoms with Crippen LogP contribution in [-0.2, 0) is 21.4 Å². The van der Waals surface area contributed by atoms with E-state index in [4.69, 9.17) is 5.14 Å². The van der Waals surface area contributed by atoms with Gasteiger partial charge >= 0.3 is 0 Å². The number of carbonyl (C=O) groups is 1. The molecule has 168 valence electrons. The number of amides is 1. The zero-order valence-electron chi connectivity index (χ0n) is 17.7. The van der Waals surface area contributed by atoms with Crippen molar-refractivity contribution in [1.82, 2.24) is 14.8 Å². The summed E-state index contributed by atoms with van der Waals surface area (Å²) in [7, 11) is -3.86. The zero-order chi connectivity index (χ0) is 22.9. The topological polar surface area (TPSA) is 96.6 Å². The third-order valence-electron chi connectivity index (χ3n) is 5.93. The number of fused-ring (bicyclic) bond motifs is 1. The first kappa shape index (κ1) is 22.3. The number of nitrogens with two attached hydrogens (primary N) is 1. The van der Waals surface area contributed by atoms with Crippen LogP contribution in [0.4, 0.5) is 4.39 Å². The highest BCUT2D eigenvalue weighted by Crippen LogP contribution is 2.27. The quantitative estimate of drug-likeness (QED) is 0.651. The molecule has 0 bridgehead atoms. The monoisotopic (exact) mass is 456 g/mol. The Morgan fingerprint density at radius 3 is 2.69 bits per heavy atom. The van der Waals surface area contributed by atoms with Crippen molar-refractivity contribution in [2.75, 3.05) is 26.2 Å². The number of sulfonamides is 1. The Labute approximate surface area is 186 Å². The maximum atomic E-state index is 15.3. The molecule has 2 heterocycles. The van der Waals surface area contributed by atoms with Crippen molar-refractivity contribution in [2.24, 2.45) is 5.14 Å². The van der Waals surface area contributed by atoms with Crippen LogP contribution in [0.25, 0.3) is 10.8 Å². The summed E-state index contributed by atoms with van der Waals surface area (Å²) in [5, 5.41) is 6.01. The average molecular weight is 457 g/mol. The molecule has 2 aromatic carbocycles. The number of pyridine rings is 1. The summed E-state index contributed by atoms with van der Waals surface area (Å²) >= 11 is 0. The summed E-state index contributed by atoms with van der Waals surface area (Å²) in [6.07, 6.45) is 3.53. The van der Waals surface area contributed by atoms with Crippen molar-refractivity contribution < 1.29 is 17.6 Å². The molecular weight excluding hydrogens is 431 g/mol. The fraction of sp³-hybridized carbons (Fsp3) is 0.304. The molecular formula is C23H25FN4O3S. The number of halogens is 1. The van der Waals surface area contributed by atoms with Crippen molar-refractivity contribution >= 4 is 26.7 Å². The number of hydrogen-bond acceptors (Lipinski definition) is 5. The summed E-state index contributed by atoms with van der Waals surface area (Å²) < 4.78 is 38.5. The summed E-state index contributed by atoms with van der Waals surface area (Å²) in [5.74, 6) is -0.298. The third-order valence-corrected chi connectivity index (χ3v) is 6.85. The average Bonchev–Trinajstić information content (AvgIpc) is 2.98. The Balaban J connectivity index is 1.62. The number of nitrogens with zero attached hydrogens (tertiary/aromatic N) is 3. The van der Waals surface area contributed by atoms with Crippen LogP contribution in [0.15, 0.2) is 59.8 Å². The molecule has 1 aliphatic heterocycles. The summed E-state index contributed by atoms with van der Waals surface area (Å²) in [6, 6.07) is 11.4. The lowest BCUT2D eigenvalue weighted by Gasteiger charge is -2.24. The van der Waals surface area contributed by atoms with Crippen molar-refractivity contribution in [1.29, 1.82) is 0 Å². The van der Waals surface area contributed by atoms with Crippen LogP contribution in [0.2, 0.25) is 0 Å². The second-order valence-electron chi connectivity index (χ2n) is 8.15. The van der Waals surface area contributed by atoms with E-state index in [-0.39, 0.29) is 22.5 Å².